The fourth-order valence-electron chi connectivity index (χ4n) is 3.42. The van der Waals surface area contributed by atoms with Gasteiger partial charge in [-0.05, 0) is 18.2 Å². The van der Waals surface area contributed by atoms with E-state index in [-0.39, 0.29) is 39.6 Å². The molecule has 0 bridgehead atoms. The first-order valence-corrected chi connectivity index (χ1v) is 12.9. The Balaban J connectivity index is 1.98. The minimum Gasteiger partial charge on any atom is -0.491 e. The molecule has 8 heteroatoms. The summed E-state index contributed by atoms with van der Waals surface area (Å²) in [7, 11) is -3.30. The lowest BCUT2D eigenvalue weighted by molar-refractivity contribution is 0.0699. The van der Waals surface area contributed by atoms with Crippen LogP contribution in [0.5, 0.6) is 11.5 Å². The van der Waals surface area contributed by atoms with Crippen LogP contribution in [-0.2, 0) is 14.0 Å². The Bertz CT molecular complexity index is 984. The summed E-state index contributed by atoms with van der Waals surface area (Å²) < 4.78 is 37.3. The summed E-state index contributed by atoms with van der Waals surface area (Å²) in [6.07, 6.45) is 0. The average molecular weight is 487 g/mol. The Morgan fingerprint density at radius 2 is 1.15 bits per heavy atom. The molecule has 3 aromatic carbocycles. The van der Waals surface area contributed by atoms with Gasteiger partial charge in [-0.15, -0.1) is 0 Å². The van der Waals surface area contributed by atoms with Gasteiger partial charge in [0.25, 0.3) is 0 Å². The van der Waals surface area contributed by atoms with E-state index in [2.05, 4.69) is 0 Å². The number of ether oxygens (including phenoxy) is 4. The lowest BCUT2D eigenvalue weighted by Gasteiger charge is -2.23. The molecule has 0 atom stereocenters. The molecule has 3 aromatic rings. The van der Waals surface area contributed by atoms with Gasteiger partial charge in [0.15, 0.2) is 7.14 Å². The second kappa shape index (κ2) is 13.9. The third-order valence-electron chi connectivity index (χ3n) is 4.96. The Morgan fingerprint density at radius 1 is 0.618 bits per heavy atom. The topological polar surface area (TPSA) is 94.5 Å². The van der Waals surface area contributed by atoms with Crippen molar-refractivity contribution in [1.29, 1.82) is 0 Å². The van der Waals surface area contributed by atoms with Crippen molar-refractivity contribution >= 4 is 23.1 Å². The molecule has 2 N–H and O–H groups in total. The Hall–Kier alpha value is -2.67. The van der Waals surface area contributed by atoms with Crippen LogP contribution in [0.2, 0.25) is 0 Å². The Labute approximate surface area is 200 Å². The first kappa shape index (κ1) is 25.9. The highest BCUT2D eigenvalue weighted by Crippen LogP contribution is 2.46. The molecule has 0 fully saturated rings. The molecule has 7 nitrogen and oxygen atoms in total. The minimum absolute atomic E-state index is 0.0461. The third kappa shape index (κ3) is 6.92. The SMILES string of the molecule is O=P(c1ccccc1)(c1ccccc1)c1cc(OCCOCCO)ccc1OCCOCCO. The van der Waals surface area contributed by atoms with E-state index >= 15 is 0 Å². The van der Waals surface area contributed by atoms with Gasteiger partial charge in [-0.25, -0.2) is 0 Å². The number of hydrogen-bond donors (Lipinski definition) is 2. The highest BCUT2D eigenvalue weighted by Gasteiger charge is 2.33. The summed E-state index contributed by atoms with van der Waals surface area (Å²) in [6, 6.07) is 24.0. The second-order valence-electron chi connectivity index (χ2n) is 7.28. The Kier molecular flexibility index (Phi) is 10.6. The first-order chi connectivity index (χ1) is 16.7. The minimum atomic E-state index is -3.30. The largest absolute Gasteiger partial charge is 0.491 e. The van der Waals surface area contributed by atoms with E-state index in [4.69, 9.17) is 29.2 Å². The number of rotatable bonds is 15. The zero-order valence-corrected chi connectivity index (χ0v) is 19.9. The summed E-state index contributed by atoms with van der Waals surface area (Å²) in [5.74, 6) is 1.02. The van der Waals surface area contributed by atoms with E-state index in [1.165, 1.54) is 0 Å². The summed E-state index contributed by atoms with van der Waals surface area (Å²) in [5, 5.41) is 19.6. The van der Waals surface area contributed by atoms with Gasteiger partial charge in [-0.1, -0.05) is 60.7 Å². The van der Waals surface area contributed by atoms with E-state index in [0.717, 1.165) is 0 Å². The van der Waals surface area contributed by atoms with Gasteiger partial charge < -0.3 is 33.7 Å². The molecular formula is C26H31O7P. The standard InChI is InChI=1S/C26H31O7P/c27-13-15-30-17-19-32-22-11-12-25(33-20-18-31-16-14-28)26(21-22)34(29,23-7-3-1-4-8-23)24-9-5-2-6-10-24/h1-12,21,27-28H,13-20H2. The van der Waals surface area contributed by atoms with Gasteiger partial charge in [0, 0.05) is 10.6 Å². The van der Waals surface area contributed by atoms with Gasteiger partial charge in [0.2, 0.25) is 0 Å². The summed E-state index contributed by atoms with van der Waals surface area (Å²) in [4.78, 5) is 0. The molecule has 0 saturated heterocycles. The van der Waals surface area contributed by atoms with Gasteiger partial charge in [-0.3, -0.25) is 0 Å². The maximum atomic E-state index is 14.9. The first-order valence-electron chi connectivity index (χ1n) is 11.2. The highest BCUT2D eigenvalue weighted by atomic mass is 31.2. The normalized spacial score (nSPS) is 11.4. The predicted molar refractivity (Wildman–Crippen MR) is 133 cm³/mol. The smallest absolute Gasteiger partial charge is 0.174 e. The van der Waals surface area contributed by atoms with Gasteiger partial charge in [0.1, 0.15) is 24.7 Å². The van der Waals surface area contributed by atoms with Crippen molar-refractivity contribution in [3.63, 3.8) is 0 Å². The van der Waals surface area contributed by atoms with Crippen molar-refractivity contribution in [1.82, 2.24) is 0 Å². The molecule has 0 spiro atoms. The van der Waals surface area contributed by atoms with Crippen LogP contribution in [0, 0.1) is 0 Å². The summed E-state index contributed by atoms with van der Waals surface area (Å²) in [5.41, 5.74) is 0. The van der Waals surface area contributed by atoms with Crippen LogP contribution in [-0.4, -0.2) is 63.1 Å². The molecule has 0 unspecified atom stereocenters. The summed E-state index contributed by atoms with van der Waals surface area (Å²) in [6.45, 7) is 1.52. The lowest BCUT2D eigenvalue weighted by atomic mass is 10.3. The van der Waals surface area contributed by atoms with E-state index in [1.54, 1.807) is 18.2 Å². The lowest BCUT2D eigenvalue weighted by Crippen LogP contribution is -2.27. The monoisotopic (exact) mass is 486 g/mol. The van der Waals surface area contributed by atoms with Crippen LogP contribution < -0.4 is 25.4 Å². The fourth-order valence-corrected chi connectivity index (χ4v) is 6.22. The van der Waals surface area contributed by atoms with E-state index in [1.807, 2.05) is 60.7 Å². The van der Waals surface area contributed by atoms with Crippen LogP contribution in [0.3, 0.4) is 0 Å². The van der Waals surface area contributed by atoms with E-state index in [9.17, 15) is 4.57 Å². The Morgan fingerprint density at radius 3 is 1.68 bits per heavy atom. The molecule has 0 aromatic heterocycles. The van der Waals surface area contributed by atoms with Crippen LogP contribution in [0.1, 0.15) is 0 Å². The average Bonchev–Trinajstić information content (AvgIpc) is 2.89. The molecule has 0 aliphatic rings. The molecule has 0 aliphatic heterocycles. The predicted octanol–water partition coefficient (Wildman–Crippen LogP) is 2.10. The highest BCUT2D eigenvalue weighted by molar-refractivity contribution is 7.85. The van der Waals surface area contributed by atoms with Crippen LogP contribution in [0.4, 0.5) is 0 Å². The molecule has 0 heterocycles. The number of hydrogen-bond acceptors (Lipinski definition) is 7. The van der Waals surface area contributed by atoms with Crippen LogP contribution >= 0.6 is 7.14 Å². The summed E-state index contributed by atoms with van der Waals surface area (Å²) >= 11 is 0. The zero-order valence-electron chi connectivity index (χ0n) is 19.0. The van der Waals surface area contributed by atoms with E-state index in [0.29, 0.717) is 40.6 Å². The van der Waals surface area contributed by atoms with Gasteiger partial charge >= 0.3 is 0 Å². The maximum Gasteiger partial charge on any atom is 0.174 e. The molecule has 0 radical (unpaired) electrons. The maximum absolute atomic E-state index is 14.9. The van der Waals surface area contributed by atoms with Crippen molar-refractivity contribution in [2.45, 2.75) is 0 Å². The van der Waals surface area contributed by atoms with Crippen molar-refractivity contribution < 1.29 is 33.7 Å². The van der Waals surface area contributed by atoms with Crippen molar-refractivity contribution in [2.75, 3.05) is 52.9 Å². The molecule has 182 valence electrons. The van der Waals surface area contributed by atoms with Crippen LogP contribution in [0.15, 0.2) is 78.9 Å². The second-order valence-corrected chi connectivity index (χ2v) is 10.0. The van der Waals surface area contributed by atoms with Crippen molar-refractivity contribution in [2.24, 2.45) is 0 Å². The molecule has 0 aliphatic carbocycles. The number of aliphatic hydroxyl groups excluding tert-OH is 2. The van der Waals surface area contributed by atoms with Crippen molar-refractivity contribution in [3.8, 4) is 11.5 Å². The van der Waals surface area contributed by atoms with Crippen LogP contribution in [0.25, 0.3) is 0 Å². The zero-order chi connectivity index (χ0) is 24.1. The third-order valence-corrected chi connectivity index (χ3v) is 8.04. The van der Waals surface area contributed by atoms with Gasteiger partial charge in [0.05, 0.1) is 44.9 Å². The molecule has 3 rings (SSSR count). The van der Waals surface area contributed by atoms with Gasteiger partial charge in [-0.2, -0.15) is 0 Å². The van der Waals surface area contributed by atoms with E-state index < -0.39 is 7.14 Å². The molecule has 34 heavy (non-hydrogen) atoms. The number of benzene rings is 3. The molecular weight excluding hydrogens is 455 g/mol. The molecule has 0 amide bonds. The van der Waals surface area contributed by atoms with Crippen molar-refractivity contribution in [3.05, 3.63) is 78.9 Å². The number of aliphatic hydroxyl groups is 2. The quantitative estimate of drug-likeness (QED) is 0.251. The molecule has 0 saturated carbocycles. The fraction of sp³-hybridized carbons (Fsp3) is 0.308.